The van der Waals surface area contributed by atoms with Crippen molar-refractivity contribution < 1.29 is 9.32 Å². The quantitative estimate of drug-likeness (QED) is 0.887. The van der Waals surface area contributed by atoms with E-state index in [-0.39, 0.29) is 11.9 Å². The van der Waals surface area contributed by atoms with Crippen molar-refractivity contribution in [2.75, 3.05) is 7.05 Å². The summed E-state index contributed by atoms with van der Waals surface area (Å²) in [4.78, 5) is 18.4. The van der Waals surface area contributed by atoms with Gasteiger partial charge in [-0.25, -0.2) is 0 Å². The molecule has 3 rings (SSSR count). The SMILES string of the molecule is Cc1noc([C@@H](C)N(C)Cc2ccc(C(=O)NC3CC3)cc2)n1. The Hall–Kier alpha value is -2.21. The number of amides is 1. The van der Waals surface area contributed by atoms with Gasteiger partial charge in [0.15, 0.2) is 5.82 Å². The average Bonchev–Trinajstić information content (AvgIpc) is 3.25. The normalized spacial score (nSPS) is 15.7. The standard InChI is InChI=1S/C17H22N4O2/c1-11(17-18-12(2)20-23-17)21(3)10-13-4-6-14(7-5-13)16(22)19-15-8-9-15/h4-7,11,15H,8-10H2,1-3H3,(H,19,22)/t11-/m1/s1. The van der Waals surface area contributed by atoms with Crippen molar-refractivity contribution in [1.82, 2.24) is 20.4 Å². The molecule has 1 fully saturated rings. The number of hydrogen-bond donors (Lipinski definition) is 1. The zero-order valence-electron chi connectivity index (χ0n) is 13.7. The van der Waals surface area contributed by atoms with Crippen molar-refractivity contribution in [2.24, 2.45) is 0 Å². The van der Waals surface area contributed by atoms with Gasteiger partial charge in [-0.2, -0.15) is 4.98 Å². The van der Waals surface area contributed by atoms with Crippen LogP contribution in [0.2, 0.25) is 0 Å². The summed E-state index contributed by atoms with van der Waals surface area (Å²) in [6, 6.07) is 8.15. The fourth-order valence-corrected chi connectivity index (χ4v) is 2.35. The number of aromatic nitrogens is 2. The minimum absolute atomic E-state index is 0.0158. The second kappa shape index (κ2) is 6.50. The van der Waals surface area contributed by atoms with Crippen molar-refractivity contribution in [3.05, 3.63) is 47.1 Å². The number of nitrogens with one attached hydrogen (secondary N) is 1. The Morgan fingerprint density at radius 1 is 1.39 bits per heavy atom. The highest BCUT2D eigenvalue weighted by Gasteiger charge is 2.23. The third kappa shape index (κ3) is 3.96. The molecule has 1 amide bonds. The number of carbonyl (C=O) groups is 1. The van der Waals surface area contributed by atoms with E-state index in [2.05, 4.69) is 20.4 Å². The predicted molar refractivity (Wildman–Crippen MR) is 85.8 cm³/mol. The molecule has 0 radical (unpaired) electrons. The fourth-order valence-electron chi connectivity index (χ4n) is 2.35. The summed E-state index contributed by atoms with van der Waals surface area (Å²) in [5.41, 5.74) is 1.85. The molecule has 1 N–H and O–H groups in total. The highest BCUT2D eigenvalue weighted by molar-refractivity contribution is 5.94. The zero-order chi connectivity index (χ0) is 16.4. The predicted octanol–water partition coefficient (Wildman–Crippen LogP) is 2.46. The van der Waals surface area contributed by atoms with E-state index in [1.165, 1.54) is 0 Å². The second-order valence-corrected chi connectivity index (χ2v) is 6.22. The van der Waals surface area contributed by atoms with Gasteiger partial charge < -0.3 is 9.84 Å². The molecule has 1 saturated carbocycles. The van der Waals surface area contributed by atoms with Crippen LogP contribution in [0.25, 0.3) is 0 Å². The maximum absolute atomic E-state index is 12.0. The summed E-state index contributed by atoms with van der Waals surface area (Å²) in [6.07, 6.45) is 2.20. The van der Waals surface area contributed by atoms with Crippen LogP contribution >= 0.6 is 0 Å². The molecule has 1 atom stereocenters. The fraction of sp³-hybridized carbons (Fsp3) is 0.471. The van der Waals surface area contributed by atoms with Crippen LogP contribution in [-0.4, -0.2) is 34.0 Å². The summed E-state index contributed by atoms with van der Waals surface area (Å²) >= 11 is 0. The number of benzene rings is 1. The van der Waals surface area contributed by atoms with Gasteiger partial charge in [-0.05, 0) is 51.4 Å². The molecular weight excluding hydrogens is 292 g/mol. The Morgan fingerprint density at radius 3 is 2.65 bits per heavy atom. The third-order valence-electron chi connectivity index (χ3n) is 4.12. The Balaban J connectivity index is 1.59. The molecule has 1 aliphatic rings. The van der Waals surface area contributed by atoms with Gasteiger partial charge in [-0.3, -0.25) is 9.69 Å². The molecule has 122 valence electrons. The van der Waals surface area contributed by atoms with Crippen LogP contribution in [0, 0.1) is 6.92 Å². The van der Waals surface area contributed by atoms with Gasteiger partial charge in [0.1, 0.15) is 0 Å². The topological polar surface area (TPSA) is 71.3 Å². The van der Waals surface area contributed by atoms with E-state index in [0.29, 0.717) is 23.3 Å². The van der Waals surface area contributed by atoms with Crippen molar-refractivity contribution in [3.8, 4) is 0 Å². The summed E-state index contributed by atoms with van der Waals surface area (Å²) in [5.74, 6) is 1.28. The molecule has 1 aliphatic carbocycles. The minimum Gasteiger partial charge on any atom is -0.349 e. The first-order valence-electron chi connectivity index (χ1n) is 7.93. The summed E-state index contributed by atoms with van der Waals surface area (Å²) in [7, 11) is 2.01. The van der Waals surface area contributed by atoms with E-state index in [4.69, 9.17) is 4.52 Å². The smallest absolute Gasteiger partial charge is 0.251 e. The molecule has 6 nitrogen and oxygen atoms in total. The summed E-state index contributed by atoms with van der Waals surface area (Å²) in [5, 5.41) is 6.83. The Morgan fingerprint density at radius 2 is 2.09 bits per heavy atom. The van der Waals surface area contributed by atoms with E-state index in [1.807, 2.05) is 45.2 Å². The van der Waals surface area contributed by atoms with Gasteiger partial charge in [0.25, 0.3) is 5.91 Å². The van der Waals surface area contributed by atoms with Gasteiger partial charge in [0.05, 0.1) is 6.04 Å². The van der Waals surface area contributed by atoms with Gasteiger partial charge in [0.2, 0.25) is 5.89 Å². The van der Waals surface area contributed by atoms with E-state index in [1.54, 1.807) is 0 Å². The molecule has 0 unspecified atom stereocenters. The average molecular weight is 314 g/mol. The Bertz CT molecular complexity index is 676. The molecular formula is C17H22N4O2. The molecule has 0 bridgehead atoms. The molecule has 0 aliphatic heterocycles. The maximum Gasteiger partial charge on any atom is 0.251 e. The highest BCUT2D eigenvalue weighted by Crippen LogP contribution is 2.21. The first-order chi connectivity index (χ1) is 11.0. The van der Waals surface area contributed by atoms with Gasteiger partial charge >= 0.3 is 0 Å². The lowest BCUT2D eigenvalue weighted by Gasteiger charge is -2.21. The van der Waals surface area contributed by atoms with Crippen LogP contribution < -0.4 is 5.32 Å². The molecule has 6 heteroatoms. The monoisotopic (exact) mass is 314 g/mol. The largest absolute Gasteiger partial charge is 0.349 e. The molecule has 0 spiro atoms. The lowest BCUT2D eigenvalue weighted by Crippen LogP contribution is -2.25. The lowest BCUT2D eigenvalue weighted by atomic mass is 10.1. The van der Waals surface area contributed by atoms with Crippen molar-refractivity contribution in [3.63, 3.8) is 0 Å². The number of nitrogens with zero attached hydrogens (tertiary/aromatic N) is 3. The van der Waals surface area contributed by atoms with Gasteiger partial charge in [0, 0.05) is 18.2 Å². The van der Waals surface area contributed by atoms with E-state index < -0.39 is 0 Å². The van der Waals surface area contributed by atoms with Crippen LogP contribution in [0.3, 0.4) is 0 Å². The Labute approximate surface area is 135 Å². The van der Waals surface area contributed by atoms with Crippen molar-refractivity contribution in [1.29, 1.82) is 0 Å². The molecule has 1 aromatic heterocycles. The van der Waals surface area contributed by atoms with Crippen LogP contribution in [0.5, 0.6) is 0 Å². The summed E-state index contributed by atoms with van der Waals surface area (Å²) in [6.45, 7) is 4.59. The minimum atomic E-state index is 0.0158. The number of rotatable bonds is 6. The van der Waals surface area contributed by atoms with Crippen LogP contribution in [0.4, 0.5) is 0 Å². The molecule has 23 heavy (non-hydrogen) atoms. The van der Waals surface area contributed by atoms with Gasteiger partial charge in [-0.1, -0.05) is 17.3 Å². The highest BCUT2D eigenvalue weighted by atomic mass is 16.5. The molecule has 1 heterocycles. The van der Waals surface area contributed by atoms with Gasteiger partial charge in [-0.15, -0.1) is 0 Å². The van der Waals surface area contributed by atoms with E-state index >= 15 is 0 Å². The summed E-state index contributed by atoms with van der Waals surface area (Å²) < 4.78 is 5.22. The van der Waals surface area contributed by atoms with Crippen molar-refractivity contribution in [2.45, 2.75) is 45.3 Å². The maximum atomic E-state index is 12.0. The van der Waals surface area contributed by atoms with Crippen LogP contribution in [0.1, 0.15) is 53.4 Å². The second-order valence-electron chi connectivity index (χ2n) is 6.22. The van der Waals surface area contributed by atoms with Crippen LogP contribution in [0.15, 0.2) is 28.8 Å². The lowest BCUT2D eigenvalue weighted by molar-refractivity contribution is 0.0951. The van der Waals surface area contributed by atoms with E-state index in [0.717, 1.165) is 24.9 Å². The first-order valence-corrected chi connectivity index (χ1v) is 7.93. The number of hydrogen-bond acceptors (Lipinski definition) is 5. The number of aryl methyl sites for hydroxylation is 1. The molecule has 1 aromatic carbocycles. The molecule has 2 aromatic rings. The zero-order valence-corrected chi connectivity index (χ0v) is 13.7. The Kier molecular flexibility index (Phi) is 4.43. The van der Waals surface area contributed by atoms with Crippen LogP contribution in [-0.2, 0) is 6.54 Å². The van der Waals surface area contributed by atoms with E-state index in [9.17, 15) is 4.79 Å². The third-order valence-corrected chi connectivity index (χ3v) is 4.12. The number of carbonyl (C=O) groups excluding carboxylic acids is 1. The first kappa shape index (κ1) is 15.7. The van der Waals surface area contributed by atoms with Crippen molar-refractivity contribution >= 4 is 5.91 Å². The molecule has 0 saturated heterocycles.